The minimum atomic E-state index is -0.0877. The van der Waals surface area contributed by atoms with Crippen molar-refractivity contribution in [3.05, 3.63) is 77.5 Å². The second-order valence-corrected chi connectivity index (χ2v) is 6.96. The van der Waals surface area contributed by atoms with Gasteiger partial charge >= 0.3 is 0 Å². The molecule has 0 radical (unpaired) electrons. The molecular formula is C21H22N6O. The summed E-state index contributed by atoms with van der Waals surface area (Å²) in [5, 5.41) is 4.23. The van der Waals surface area contributed by atoms with Gasteiger partial charge in [0.25, 0.3) is 5.91 Å². The average molecular weight is 374 g/mol. The van der Waals surface area contributed by atoms with Gasteiger partial charge in [0.05, 0.1) is 24.6 Å². The molecule has 142 valence electrons. The van der Waals surface area contributed by atoms with E-state index < -0.39 is 0 Å². The van der Waals surface area contributed by atoms with Crippen LogP contribution in [0, 0.1) is 6.92 Å². The standard InChI is InChI=1S/C21H22N6O/c1-15-18(11-24-26(15)3)13-25(2)21(28)17-9-19-20(22-10-17)27(14-23-19)12-16-7-5-4-6-8-16/h4-11,14H,12-13H2,1-3H3. The number of rotatable bonds is 5. The summed E-state index contributed by atoms with van der Waals surface area (Å²) in [7, 11) is 3.68. The van der Waals surface area contributed by atoms with Gasteiger partial charge in [-0.25, -0.2) is 9.97 Å². The molecule has 4 aromatic rings. The van der Waals surface area contributed by atoms with Gasteiger partial charge in [-0.15, -0.1) is 0 Å². The van der Waals surface area contributed by atoms with Gasteiger partial charge in [0.2, 0.25) is 0 Å². The highest BCUT2D eigenvalue weighted by Crippen LogP contribution is 2.16. The highest BCUT2D eigenvalue weighted by atomic mass is 16.2. The first-order chi connectivity index (χ1) is 13.5. The molecule has 1 amide bonds. The summed E-state index contributed by atoms with van der Waals surface area (Å²) in [4.78, 5) is 23.4. The Balaban J connectivity index is 1.54. The minimum absolute atomic E-state index is 0.0877. The molecule has 0 fully saturated rings. The summed E-state index contributed by atoms with van der Waals surface area (Å²) >= 11 is 0. The first kappa shape index (κ1) is 17.9. The van der Waals surface area contributed by atoms with Gasteiger partial charge in [0.1, 0.15) is 5.52 Å². The summed E-state index contributed by atoms with van der Waals surface area (Å²) in [6, 6.07) is 12.0. The fourth-order valence-corrected chi connectivity index (χ4v) is 3.21. The van der Waals surface area contributed by atoms with Crippen LogP contribution < -0.4 is 0 Å². The number of carbonyl (C=O) groups excluding carboxylic acids is 1. The molecule has 1 aromatic carbocycles. The zero-order valence-electron chi connectivity index (χ0n) is 16.2. The number of fused-ring (bicyclic) bond motifs is 1. The van der Waals surface area contributed by atoms with Crippen molar-refractivity contribution in [2.45, 2.75) is 20.0 Å². The first-order valence-electron chi connectivity index (χ1n) is 9.10. The number of aryl methyl sites for hydroxylation is 1. The summed E-state index contributed by atoms with van der Waals surface area (Å²) in [5.74, 6) is -0.0877. The van der Waals surface area contributed by atoms with E-state index in [-0.39, 0.29) is 5.91 Å². The Morgan fingerprint density at radius 1 is 1.14 bits per heavy atom. The normalized spacial score (nSPS) is 11.1. The number of pyridine rings is 1. The van der Waals surface area contributed by atoms with Crippen LogP contribution in [0.4, 0.5) is 0 Å². The third kappa shape index (κ3) is 3.38. The molecular weight excluding hydrogens is 352 g/mol. The molecule has 3 heterocycles. The Bertz CT molecular complexity index is 1130. The zero-order valence-corrected chi connectivity index (χ0v) is 16.2. The molecule has 0 aliphatic rings. The molecule has 28 heavy (non-hydrogen) atoms. The van der Waals surface area contributed by atoms with Crippen LogP contribution in [0.5, 0.6) is 0 Å². The number of hydrogen-bond donors (Lipinski definition) is 0. The van der Waals surface area contributed by atoms with E-state index in [2.05, 4.69) is 27.2 Å². The zero-order chi connectivity index (χ0) is 19.7. The lowest BCUT2D eigenvalue weighted by Crippen LogP contribution is -2.26. The third-order valence-corrected chi connectivity index (χ3v) is 4.99. The van der Waals surface area contributed by atoms with Crippen LogP contribution in [0.3, 0.4) is 0 Å². The van der Waals surface area contributed by atoms with E-state index in [0.29, 0.717) is 24.2 Å². The molecule has 0 bridgehead atoms. The van der Waals surface area contributed by atoms with Crippen molar-refractivity contribution in [1.82, 2.24) is 29.2 Å². The molecule has 0 saturated heterocycles. The largest absolute Gasteiger partial charge is 0.337 e. The number of imidazole rings is 1. The van der Waals surface area contributed by atoms with Crippen molar-refractivity contribution in [1.29, 1.82) is 0 Å². The highest BCUT2D eigenvalue weighted by molar-refractivity contribution is 5.96. The Labute approximate surface area is 163 Å². The molecule has 0 atom stereocenters. The van der Waals surface area contributed by atoms with Crippen molar-refractivity contribution >= 4 is 17.1 Å². The van der Waals surface area contributed by atoms with Crippen LogP contribution in [0.15, 0.2) is 55.1 Å². The highest BCUT2D eigenvalue weighted by Gasteiger charge is 2.16. The number of aromatic nitrogens is 5. The quantitative estimate of drug-likeness (QED) is 0.539. The second kappa shape index (κ2) is 7.26. The summed E-state index contributed by atoms with van der Waals surface area (Å²) in [6.07, 6.45) is 5.19. The topological polar surface area (TPSA) is 68.8 Å². The maximum Gasteiger partial charge on any atom is 0.255 e. The number of nitrogens with zero attached hydrogens (tertiary/aromatic N) is 6. The van der Waals surface area contributed by atoms with Crippen LogP contribution in [0.2, 0.25) is 0 Å². The van der Waals surface area contributed by atoms with Gasteiger partial charge in [-0.1, -0.05) is 30.3 Å². The molecule has 7 heteroatoms. The second-order valence-electron chi connectivity index (χ2n) is 6.96. The number of benzene rings is 1. The molecule has 7 nitrogen and oxygen atoms in total. The monoisotopic (exact) mass is 374 g/mol. The predicted octanol–water partition coefficient (Wildman–Crippen LogP) is 2.79. The number of hydrogen-bond acceptors (Lipinski definition) is 4. The predicted molar refractivity (Wildman–Crippen MR) is 107 cm³/mol. The average Bonchev–Trinajstić information content (AvgIpc) is 3.26. The SMILES string of the molecule is Cc1c(CN(C)C(=O)c2cnc3c(c2)ncn3Cc2ccccc2)cnn1C. The maximum atomic E-state index is 12.8. The van der Waals surface area contributed by atoms with E-state index in [1.807, 2.05) is 36.7 Å². The van der Waals surface area contributed by atoms with Gasteiger partial charge in [-0.05, 0) is 18.6 Å². The minimum Gasteiger partial charge on any atom is -0.337 e. The molecule has 3 aromatic heterocycles. The van der Waals surface area contributed by atoms with Gasteiger partial charge in [0.15, 0.2) is 5.65 Å². The molecule has 4 rings (SSSR count). The molecule has 0 unspecified atom stereocenters. The van der Waals surface area contributed by atoms with Crippen LogP contribution >= 0.6 is 0 Å². The van der Waals surface area contributed by atoms with Crippen molar-refractivity contribution in [2.24, 2.45) is 7.05 Å². The smallest absolute Gasteiger partial charge is 0.255 e. The van der Waals surface area contributed by atoms with E-state index in [0.717, 1.165) is 16.9 Å². The lowest BCUT2D eigenvalue weighted by atomic mass is 10.2. The van der Waals surface area contributed by atoms with E-state index in [1.54, 1.807) is 41.4 Å². The maximum absolute atomic E-state index is 12.8. The molecule has 0 aliphatic heterocycles. The summed E-state index contributed by atoms with van der Waals surface area (Å²) in [6.45, 7) is 3.18. The fourth-order valence-electron chi connectivity index (χ4n) is 3.21. The Hall–Kier alpha value is -3.48. The lowest BCUT2D eigenvalue weighted by Gasteiger charge is -2.17. The van der Waals surface area contributed by atoms with Crippen molar-refractivity contribution < 1.29 is 4.79 Å². The summed E-state index contributed by atoms with van der Waals surface area (Å²) < 4.78 is 3.79. The van der Waals surface area contributed by atoms with Crippen molar-refractivity contribution in [3.63, 3.8) is 0 Å². The summed E-state index contributed by atoms with van der Waals surface area (Å²) in [5.41, 5.74) is 5.27. The van der Waals surface area contributed by atoms with E-state index >= 15 is 0 Å². The van der Waals surface area contributed by atoms with Gasteiger partial charge in [-0.2, -0.15) is 5.10 Å². The van der Waals surface area contributed by atoms with Crippen LogP contribution in [-0.2, 0) is 20.1 Å². The van der Waals surface area contributed by atoms with Crippen LogP contribution in [0.1, 0.15) is 27.2 Å². The van der Waals surface area contributed by atoms with Gasteiger partial charge in [0, 0.05) is 38.1 Å². The number of amides is 1. The lowest BCUT2D eigenvalue weighted by molar-refractivity contribution is 0.0784. The fraction of sp³-hybridized carbons (Fsp3) is 0.238. The van der Waals surface area contributed by atoms with E-state index in [9.17, 15) is 4.79 Å². The third-order valence-electron chi connectivity index (χ3n) is 4.99. The van der Waals surface area contributed by atoms with E-state index in [4.69, 9.17) is 0 Å². The number of carbonyl (C=O) groups is 1. The van der Waals surface area contributed by atoms with Crippen molar-refractivity contribution in [3.8, 4) is 0 Å². The Morgan fingerprint density at radius 2 is 1.93 bits per heavy atom. The van der Waals surface area contributed by atoms with E-state index in [1.165, 1.54) is 5.56 Å². The molecule has 0 N–H and O–H groups in total. The van der Waals surface area contributed by atoms with Crippen LogP contribution in [-0.4, -0.2) is 42.2 Å². The first-order valence-corrected chi connectivity index (χ1v) is 9.10. The molecule has 0 spiro atoms. The Kier molecular flexibility index (Phi) is 4.65. The van der Waals surface area contributed by atoms with Crippen molar-refractivity contribution in [2.75, 3.05) is 7.05 Å². The van der Waals surface area contributed by atoms with Gasteiger partial charge in [-0.3, -0.25) is 9.48 Å². The molecule has 0 aliphatic carbocycles. The Morgan fingerprint density at radius 3 is 2.64 bits per heavy atom. The molecule has 0 saturated carbocycles. The van der Waals surface area contributed by atoms with Gasteiger partial charge < -0.3 is 9.47 Å². The van der Waals surface area contributed by atoms with Crippen LogP contribution in [0.25, 0.3) is 11.2 Å².